The van der Waals surface area contributed by atoms with Crippen molar-refractivity contribution in [2.45, 2.75) is 167 Å². The Bertz CT molecular complexity index is 1610. The number of amides is 2. The minimum absolute atomic E-state index is 0.0589. The van der Waals surface area contributed by atoms with Crippen LogP contribution in [0.4, 0.5) is 4.79 Å². The highest BCUT2D eigenvalue weighted by Crippen LogP contribution is 2.40. The third-order valence-corrected chi connectivity index (χ3v) is 14.3. The Balaban J connectivity index is 1.43. The van der Waals surface area contributed by atoms with E-state index < -0.39 is 42.0 Å². The number of fused-ring (bicyclic) bond motifs is 3. The monoisotopic (exact) mass is 887 g/mol. The lowest BCUT2D eigenvalue weighted by atomic mass is 9.82. The first-order valence-electron chi connectivity index (χ1n) is 23.6. The molecule has 0 aromatic carbocycles. The summed E-state index contributed by atoms with van der Waals surface area (Å²) in [5, 5.41) is 12.2. The summed E-state index contributed by atoms with van der Waals surface area (Å²) >= 11 is 0. The summed E-state index contributed by atoms with van der Waals surface area (Å²) in [6.45, 7) is 16.3. The van der Waals surface area contributed by atoms with E-state index in [2.05, 4.69) is 32.6 Å². The average Bonchev–Trinajstić information content (AvgIpc) is 3.27. The van der Waals surface area contributed by atoms with Crippen LogP contribution in [0.1, 0.15) is 118 Å². The van der Waals surface area contributed by atoms with Crippen molar-refractivity contribution in [1.29, 1.82) is 0 Å². The minimum atomic E-state index is -1.81. The van der Waals surface area contributed by atoms with Crippen LogP contribution in [0.15, 0.2) is 36.0 Å². The van der Waals surface area contributed by atoms with Crippen LogP contribution in [0.5, 0.6) is 0 Å². The van der Waals surface area contributed by atoms with Crippen LogP contribution in [-0.2, 0) is 47.5 Å². The number of carbonyl (C=O) groups excluding carboxylic acids is 4. The van der Waals surface area contributed by atoms with Gasteiger partial charge in [-0.1, -0.05) is 44.6 Å². The number of morpholine rings is 1. The van der Waals surface area contributed by atoms with E-state index in [1.165, 1.54) is 0 Å². The van der Waals surface area contributed by atoms with Gasteiger partial charge in [-0.15, -0.1) is 6.58 Å². The second kappa shape index (κ2) is 23.9. The molecule has 1 saturated carbocycles. The number of esters is 1. The fourth-order valence-corrected chi connectivity index (χ4v) is 10.6. The molecule has 4 heterocycles. The molecule has 14 heteroatoms. The highest BCUT2D eigenvalue weighted by atomic mass is 16.7. The molecule has 13 unspecified atom stereocenters. The summed E-state index contributed by atoms with van der Waals surface area (Å²) in [6.07, 6.45) is 9.40. The summed E-state index contributed by atoms with van der Waals surface area (Å²) in [5.74, 6) is -3.41. The molecule has 0 aromatic rings. The van der Waals surface area contributed by atoms with Gasteiger partial charge < -0.3 is 48.1 Å². The number of ketones is 1. The molecule has 63 heavy (non-hydrogen) atoms. The summed E-state index contributed by atoms with van der Waals surface area (Å²) in [5.41, 5.74) is 1.94. The molecule has 5 rings (SSSR count). The number of carbonyl (C=O) groups is 4. The number of piperidine rings is 1. The molecule has 3 saturated heterocycles. The molecule has 356 valence electrons. The van der Waals surface area contributed by atoms with Gasteiger partial charge in [-0.3, -0.25) is 9.59 Å². The number of rotatable bonds is 8. The molecule has 4 fully saturated rings. The molecular weight excluding hydrogens is 809 g/mol. The van der Waals surface area contributed by atoms with E-state index in [1.54, 1.807) is 37.2 Å². The molecule has 0 aromatic heterocycles. The Hall–Kier alpha value is -3.14. The molecular formula is C49H78N2O12. The molecule has 2 bridgehead atoms. The molecule has 5 aliphatic rings. The van der Waals surface area contributed by atoms with E-state index in [1.807, 2.05) is 20.8 Å². The fourth-order valence-electron chi connectivity index (χ4n) is 10.6. The molecule has 4 aliphatic heterocycles. The zero-order valence-electron chi connectivity index (χ0n) is 39.4. The Labute approximate surface area is 376 Å². The first-order chi connectivity index (χ1) is 30.1. The summed E-state index contributed by atoms with van der Waals surface area (Å²) in [6, 6.07) is -0.846. The predicted molar refractivity (Wildman–Crippen MR) is 237 cm³/mol. The fraction of sp³-hybridized carbons (Fsp3) is 0.796. The molecule has 1 N–H and O–H groups in total. The van der Waals surface area contributed by atoms with Crippen LogP contribution < -0.4 is 0 Å². The molecule has 14 nitrogen and oxygen atoms in total. The normalized spacial score (nSPS) is 37.5. The van der Waals surface area contributed by atoms with Crippen molar-refractivity contribution in [2.24, 2.45) is 29.6 Å². The number of nitrogens with zero attached hydrogens (tertiary/aromatic N) is 2. The van der Waals surface area contributed by atoms with Crippen molar-refractivity contribution in [3.8, 4) is 0 Å². The van der Waals surface area contributed by atoms with Crippen molar-refractivity contribution in [1.82, 2.24) is 9.80 Å². The Kier molecular flexibility index (Phi) is 19.3. The quantitative estimate of drug-likeness (QED) is 0.198. The van der Waals surface area contributed by atoms with E-state index in [0.717, 1.165) is 30.4 Å². The van der Waals surface area contributed by atoms with Gasteiger partial charge in [0.25, 0.3) is 0 Å². The number of methoxy groups -OCH3 is 3. The molecule has 1 aliphatic carbocycles. The number of cyclic esters (lactones) is 1. The summed E-state index contributed by atoms with van der Waals surface area (Å²) in [4.78, 5) is 59.1. The summed E-state index contributed by atoms with van der Waals surface area (Å²) in [7, 11) is 4.88. The topological polar surface area (TPSA) is 160 Å². The number of Topliss-reactive ketones (excluding diaryl/α,β-unsaturated/α-hetero) is 1. The smallest absolute Gasteiger partial charge is 0.410 e. The number of allylic oxidation sites excluding steroid dienone is 4. The van der Waals surface area contributed by atoms with Crippen LogP contribution in [0.25, 0.3) is 0 Å². The SMILES string of the molecule is C=CCC1C=C(C)CC(C)CC(OC)C2OC(O)(CC(=O)N3CCCCC3C(=O)OC(C(C)=CC3CCC(OC(=O)N4CCOCC4)C(OC)C3)C(C)CCC1=O)C(C)CC2OC. The van der Waals surface area contributed by atoms with Gasteiger partial charge >= 0.3 is 12.1 Å². The highest BCUT2D eigenvalue weighted by molar-refractivity contribution is 5.85. The van der Waals surface area contributed by atoms with Crippen LogP contribution in [0, 0.1) is 29.6 Å². The number of hydrogen-bond donors (Lipinski definition) is 1. The largest absolute Gasteiger partial charge is 0.456 e. The number of hydrogen-bond acceptors (Lipinski definition) is 12. The van der Waals surface area contributed by atoms with E-state index in [9.17, 15) is 24.3 Å². The van der Waals surface area contributed by atoms with Crippen molar-refractivity contribution < 1.29 is 57.4 Å². The lowest BCUT2D eigenvalue weighted by Crippen LogP contribution is -2.59. The van der Waals surface area contributed by atoms with Crippen LogP contribution >= 0.6 is 0 Å². The van der Waals surface area contributed by atoms with Crippen molar-refractivity contribution >= 4 is 23.8 Å². The number of aliphatic hydroxyl groups is 1. The van der Waals surface area contributed by atoms with Crippen molar-refractivity contribution in [2.75, 3.05) is 54.2 Å². The first kappa shape index (κ1) is 50.9. The van der Waals surface area contributed by atoms with E-state index in [4.69, 9.17) is 33.2 Å². The second-order valence-corrected chi connectivity index (χ2v) is 19.2. The Morgan fingerprint density at radius 1 is 0.921 bits per heavy atom. The van der Waals surface area contributed by atoms with Gasteiger partial charge in [-0.25, -0.2) is 9.59 Å². The molecule has 2 amide bonds. The van der Waals surface area contributed by atoms with E-state index in [-0.39, 0.29) is 66.2 Å². The predicted octanol–water partition coefficient (Wildman–Crippen LogP) is 6.97. The van der Waals surface area contributed by atoms with Crippen LogP contribution in [0.2, 0.25) is 0 Å². The second-order valence-electron chi connectivity index (χ2n) is 19.2. The van der Waals surface area contributed by atoms with Crippen LogP contribution in [-0.4, -0.2) is 141 Å². The third-order valence-electron chi connectivity index (χ3n) is 14.3. The van der Waals surface area contributed by atoms with Gasteiger partial charge in [-0.05, 0) is 108 Å². The van der Waals surface area contributed by atoms with Gasteiger partial charge in [0.05, 0.1) is 37.9 Å². The number of ether oxygens (including phenoxy) is 7. The molecule has 13 atom stereocenters. The Morgan fingerprint density at radius 3 is 2.30 bits per heavy atom. The van der Waals surface area contributed by atoms with Gasteiger partial charge in [0.2, 0.25) is 5.91 Å². The van der Waals surface area contributed by atoms with E-state index >= 15 is 0 Å². The minimum Gasteiger partial charge on any atom is -0.456 e. The summed E-state index contributed by atoms with van der Waals surface area (Å²) < 4.78 is 42.2. The van der Waals surface area contributed by atoms with Crippen LogP contribution in [0.3, 0.4) is 0 Å². The molecule has 0 radical (unpaired) electrons. The maximum atomic E-state index is 14.5. The van der Waals surface area contributed by atoms with Gasteiger partial charge in [0.1, 0.15) is 30.1 Å². The van der Waals surface area contributed by atoms with Gasteiger partial charge in [0, 0.05) is 59.2 Å². The zero-order valence-corrected chi connectivity index (χ0v) is 39.4. The standard InChI is InChI=1S/C49H78N2O12/c1-10-13-37-25-31(2)24-32(3)26-42(58-8)46-43(59-9)28-35(6)49(56,63-46)30-44(53)51-19-12-11-14-38(51)47(54)62-45(33(4)15-17-39(37)52)34(5)27-36-16-18-40(41(29-36)57-7)61-48(55)50-20-22-60-23-21-50/h10,25,27,32-33,35-38,40-43,45-46,56H,1,11-24,26,28-30H2,2-9H3. The van der Waals surface area contributed by atoms with Crippen molar-refractivity contribution in [3.63, 3.8) is 0 Å². The maximum Gasteiger partial charge on any atom is 0.410 e. The third kappa shape index (κ3) is 13.5. The zero-order chi connectivity index (χ0) is 45.8. The average molecular weight is 887 g/mol. The lowest BCUT2D eigenvalue weighted by Gasteiger charge is -2.48. The maximum absolute atomic E-state index is 14.5. The van der Waals surface area contributed by atoms with Crippen molar-refractivity contribution in [3.05, 3.63) is 36.0 Å². The lowest BCUT2D eigenvalue weighted by molar-refractivity contribution is -0.321. The van der Waals surface area contributed by atoms with E-state index in [0.29, 0.717) is 90.6 Å². The first-order valence-corrected chi connectivity index (χ1v) is 23.6. The Morgan fingerprint density at radius 2 is 1.62 bits per heavy atom. The van der Waals surface area contributed by atoms with Gasteiger partial charge in [-0.2, -0.15) is 0 Å². The highest BCUT2D eigenvalue weighted by Gasteiger charge is 2.51. The molecule has 0 spiro atoms. The van der Waals surface area contributed by atoms with Gasteiger partial charge in [0.15, 0.2) is 5.79 Å².